The number of carbonyl (C=O) groups excluding carboxylic acids is 2. The summed E-state index contributed by atoms with van der Waals surface area (Å²) in [7, 11) is 0. The number of likely N-dealkylation sites (N-methyl/N-ethyl adjacent to an activating group) is 1. The van der Waals surface area contributed by atoms with Gasteiger partial charge in [-0.3, -0.25) is 9.59 Å². The molecule has 1 N–H and O–H groups in total. The number of nitrogens with zero attached hydrogens (tertiary/aromatic N) is 3. The van der Waals surface area contributed by atoms with Crippen molar-refractivity contribution >= 4 is 28.4 Å². The van der Waals surface area contributed by atoms with Crippen molar-refractivity contribution in [2.24, 2.45) is 0 Å². The minimum Gasteiger partial charge on any atom is -0.330 e. The Bertz CT molecular complexity index is 1380. The Morgan fingerprint density at radius 2 is 1.63 bits per heavy atom. The number of rotatable bonds is 6. The Hall–Kier alpha value is -3.93. The first kappa shape index (κ1) is 24.2. The van der Waals surface area contributed by atoms with Gasteiger partial charge in [-0.25, -0.2) is 4.68 Å². The average Bonchev–Trinajstić information content (AvgIpc) is 3.26. The highest BCUT2D eigenvalue weighted by Gasteiger charge is 2.23. The van der Waals surface area contributed by atoms with Crippen molar-refractivity contribution in [3.05, 3.63) is 89.6 Å². The Labute approximate surface area is 206 Å². The van der Waals surface area contributed by atoms with E-state index in [0.29, 0.717) is 17.9 Å². The lowest BCUT2D eigenvalue weighted by Gasteiger charge is -2.21. The molecule has 4 rings (SSSR count). The van der Waals surface area contributed by atoms with Crippen LogP contribution < -0.4 is 5.32 Å². The van der Waals surface area contributed by atoms with E-state index in [1.54, 1.807) is 9.58 Å². The maximum Gasteiger partial charge on any atom is 0.254 e. The molecule has 4 aromatic rings. The summed E-state index contributed by atoms with van der Waals surface area (Å²) in [5, 5.41) is 9.86. The SMILES string of the molecule is CCN(CC(=O)Nc1cc(C(C)(C)C)nn1-c1ccccc1C)C(=O)c1ccc2ccccc2c1. The van der Waals surface area contributed by atoms with E-state index in [2.05, 4.69) is 26.1 Å². The maximum atomic E-state index is 13.2. The molecule has 0 saturated heterocycles. The number of anilines is 1. The first-order valence-corrected chi connectivity index (χ1v) is 11.9. The summed E-state index contributed by atoms with van der Waals surface area (Å²) in [6, 6.07) is 23.4. The molecule has 0 saturated carbocycles. The van der Waals surface area contributed by atoms with E-state index in [0.717, 1.165) is 27.7 Å². The predicted molar refractivity (Wildman–Crippen MR) is 141 cm³/mol. The summed E-state index contributed by atoms with van der Waals surface area (Å²) in [6.07, 6.45) is 0. The zero-order valence-electron chi connectivity index (χ0n) is 21.0. The number of hydrogen-bond acceptors (Lipinski definition) is 3. The third-order valence-electron chi connectivity index (χ3n) is 6.09. The van der Waals surface area contributed by atoms with Crippen molar-refractivity contribution in [1.82, 2.24) is 14.7 Å². The number of carbonyl (C=O) groups is 2. The second-order valence-electron chi connectivity index (χ2n) is 9.79. The van der Waals surface area contributed by atoms with Crippen LogP contribution in [0.3, 0.4) is 0 Å². The van der Waals surface area contributed by atoms with Gasteiger partial charge in [-0.05, 0) is 48.4 Å². The van der Waals surface area contributed by atoms with Crippen LogP contribution in [-0.4, -0.2) is 39.6 Å². The van der Waals surface area contributed by atoms with Crippen LogP contribution in [0.25, 0.3) is 16.5 Å². The Balaban J connectivity index is 1.57. The van der Waals surface area contributed by atoms with Gasteiger partial charge in [0, 0.05) is 23.6 Å². The van der Waals surface area contributed by atoms with Gasteiger partial charge >= 0.3 is 0 Å². The van der Waals surface area contributed by atoms with Crippen LogP contribution in [0.4, 0.5) is 5.82 Å². The largest absolute Gasteiger partial charge is 0.330 e. The second kappa shape index (κ2) is 9.74. The number of hydrogen-bond donors (Lipinski definition) is 1. The summed E-state index contributed by atoms with van der Waals surface area (Å²) in [5.74, 6) is 0.149. The smallest absolute Gasteiger partial charge is 0.254 e. The van der Waals surface area contributed by atoms with Crippen LogP contribution in [0.2, 0.25) is 0 Å². The monoisotopic (exact) mass is 468 g/mol. The quantitative estimate of drug-likeness (QED) is 0.393. The van der Waals surface area contributed by atoms with E-state index >= 15 is 0 Å². The molecule has 0 fully saturated rings. The molecule has 3 aromatic carbocycles. The van der Waals surface area contributed by atoms with E-state index in [1.807, 2.05) is 86.6 Å². The molecule has 6 heteroatoms. The topological polar surface area (TPSA) is 67.2 Å². The Kier molecular flexibility index (Phi) is 6.74. The minimum atomic E-state index is -0.267. The summed E-state index contributed by atoms with van der Waals surface area (Å²) < 4.78 is 1.77. The number of benzene rings is 3. The van der Waals surface area contributed by atoms with Crippen LogP contribution in [0.15, 0.2) is 72.8 Å². The van der Waals surface area contributed by atoms with Crippen LogP contribution in [0.5, 0.6) is 0 Å². The normalized spacial score (nSPS) is 11.5. The van der Waals surface area contributed by atoms with E-state index in [9.17, 15) is 9.59 Å². The van der Waals surface area contributed by atoms with Gasteiger partial charge in [0.15, 0.2) is 0 Å². The summed E-state index contributed by atoms with van der Waals surface area (Å²) in [4.78, 5) is 27.9. The van der Waals surface area contributed by atoms with Crippen molar-refractivity contribution in [2.75, 3.05) is 18.4 Å². The summed E-state index contributed by atoms with van der Waals surface area (Å²) in [6.45, 7) is 10.5. The fourth-order valence-corrected chi connectivity index (χ4v) is 4.01. The molecule has 0 radical (unpaired) electrons. The third kappa shape index (κ3) is 5.27. The molecule has 35 heavy (non-hydrogen) atoms. The molecule has 0 atom stereocenters. The first-order valence-electron chi connectivity index (χ1n) is 11.9. The van der Waals surface area contributed by atoms with Crippen molar-refractivity contribution in [3.63, 3.8) is 0 Å². The van der Waals surface area contributed by atoms with Crippen molar-refractivity contribution < 1.29 is 9.59 Å². The van der Waals surface area contributed by atoms with Gasteiger partial charge < -0.3 is 10.2 Å². The zero-order chi connectivity index (χ0) is 25.2. The van der Waals surface area contributed by atoms with Gasteiger partial charge in [-0.2, -0.15) is 5.10 Å². The lowest BCUT2D eigenvalue weighted by molar-refractivity contribution is -0.116. The van der Waals surface area contributed by atoms with Crippen LogP contribution in [0, 0.1) is 6.92 Å². The number of nitrogens with one attached hydrogen (secondary N) is 1. The highest BCUT2D eigenvalue weighted by atomic mass is 16.2. The van der Waals surface area contributed by atoms with Gasteiger partial charge in [0.05, 0.1) is 11.4 Å². The number of aryl methyl sites for hydroxylation is 1. The van der Waals surface area contributed by atoms with Crippen molar-refractivity contribution in [2.45, 2.75) is 40.0 Å². The highest BCUT2D eigenvalue weighted by molar-refractivity contribution is 6.01. The molecular formula is C29H32N4O2. The maximum absolute atomic E-state index is 13.2. The van der Waals surface area contributed by atoms with Gasteiger partial charge in [0.1, 0.15) is 12.4 Å². The van der Waals surface area contributed by atoms with Crippen LogP contribution in [0.1, 0.15) is 49.3 Å². The molecule has 0 aliphatic rings. The van der Waals surface area contributed by atoms with Crippen molar-refractivity contribution in [1.29, 1.82) is 0 Å². The Morgan fingerprint density at radius 3 is 2.31 bits per heavy atom. The number of amides is 2. The zero-order valence-corrected chi connectivity index (χ0v) is 21.0. The average molecular weight is 469 g/mol. The fraction of sp³-hybridized carbons (Fsp3) is 0.276. The lowest BCUT2D eigenvalue weighted by atomic mass is 9.92. The summed E-state index contributed by atoms with van der Waals surface area (Å²) >= 11 is 0. The molecule has 1 aromatic heterocycles. The van der Waals surface area contributed by atoms with Crippen LogP contribution >= 0.6 is 0 Å². The molecular weight excluding hydrogens is 436 g/mol. The standard InChI is InChI=1S/C29H32N4O2/c1-6-32(28(35)23-16-15-21-12-8-9-13-22(21)17-23)19-27(34)30-26-18-25(29(3,4)5)31-33(26)24-14-10-7-11-20(24)2/h7-18H,6,19H2,1-5H3,(H,30,34). The van der Waals surface area contributed by atoms with E-state index in [1.165, 1.54) is 0 Å². The minimum absolute atomic E-state index is 0.0496. The fourth-order valence-electron chi connectivity index (χ4n) is 4.01. The molecule has 0 aliphatic carbocycles. The number of fused-ring (bicyclic) bond motifs is 1. The molecule has 0 bridgehead atoms. The molecule has 0 spiro atoms. The van der Waals surface area contributed by atoms with Gasteiger partial charge in [0.25, 0.3) is 5.91 Å². The second-order valence-corrected chi connectivity index (χ2v) is 9.79. The van der Waals surface area contributed by atoms with Gasteiger partial charge in [-0.15, -0.1) is 0 Å². The molecule has 0 aliphatic heterocycles. The number of para-hydroxylation sites is 1. The van der Waals surface area contributed by atoms with E-state index in [4.69, 9.17) is 5.10 Å². The molecule has 2 amide bonds. The Morgan fingerprint density at radius 1 is 0.943 bits per heavy atom. The molecule has 0 unspecified atom stereocenters. The molecule has 180 valence electrons. The first-order chi connectivity index (χ1) is 16.7. The van der Waals surface area contributed by atoms with Crippen molar-refractivity contribution in [3.8, 4) is 5.69 Å². The third-order valence-corrected chi connectivity index (χ3v) is 6.09. The molecule has 1 heterocycles. The lowest BCUT2D eigenvalue weighted by Crippen LogP contribution is -2.38. The van der Waals surface area contributed by atoms with E-state index < -0.39 is 0 Å². The highest BCUT2D eigenvalue weighted by Crippen LogP contribution is 2.27. The summed E-state index contributed by atoms with van der Waals surface area (Å²) in [5.41, 5.74) is 3.20. The van der Waals surface area contributed by atoms with Gasteiger partial charge in [0.2, 0.25) is 5.91 Å². The predicted octanol–water partition coefficient (Wildman–Crippen LogP) is 5.73. The van der Waals surface area contributed by atoms with E-state index in [-0.39, 0.29) is 23.8 Å². The molecule has 6 nitrogen and oxygen atoms in total. The van der Waals surface area contributed by atoms with Crippen LogP contribution in [-0.2, 0) is 10.2 Å². The van der Waals surface area contributed by atoms with Gasteiger partial charge in [-0.1, -0.05) is 69.3 Å². The number of aromatic nitrogens is 2.